The van der Waals surface area contributed by atoms with E-state index in [1.54, 1.807) is 24.3 Å². The number of rotatable bonds is 12. The van der Waals surface area contributed by atoms with Gasteiger partial charge in [-0.1, -0.05) is 62.4 Å². The summed E-state index contributed by atoms with van der Waals surface area (Å²) in [5, 5.41) is 18.1. The predicted molar refractivity (Wildman–Crippen MR) is 145 cm³/mol. The number of halogens is 2. The highest BCUT2D eigenvalue weighted by molar-refractivity contribution is 5.91. The number of carbonyl (C=O) groups is 2. The van der Waals surface area contributed by atoms with E-state index in [0.29, 0.717) is 30.9 Å². The van der Waals surface area contributed by atoms with Gasteiger partial charge in [0.2, 0.25) is 11.8 Å². The third-order valence-electron chi connectivity index (χ3n) is 8.12. The number of nitrogens with zero attached hydrogens (tertiary/aromatic N) is 1. The van der Waals surface area contributed by atoms with Gasteiger partial charge in [-0.2, -0.15) is 5.26 Å². The van der Waals surface area contributed by atoms with Crippen LogP contribution in [0.3, 0.4) is 0 Å². The smallest absolute Gasteiger partial charge is 0.257 e. The van der Waals surface area contributed by atoms with Gasteiger partial charge < -0.3 is 10.6 Å². The lowest BCUT2D eigenvalue weighted by Crippen LogP contribution is -2.51. The third-order valence-corrected chi connectivity index (χ3v) is 8.12. The summed E-state index contributed by atoms with van der Waals surface area (Å²) >= 11 is 0. The normalized spacial score (nSPS) is 20.1. The number of nitriles is 1. The van der Waals surface area contributed by atoms with E-state index in [2.05, 4.69) is 22.0 Å². The number of hydrogen-bond acceptors (Lipinski definition) is 4. The minimum Gasteiger partial charge on any atom is -0.353 e. The molecule has 2 atom stereocenters. The number of alkyl halides is 2. The summed E-state index contributed by atoms with van der Waals surface area (Å²) < 4.78 is 28.4. The highest BCUT2D eigenvalue weighted by Gasteiger charge is 2.52. The molecule has 3 fully saturated rings. The molecule has 3 aliphatic carbocycles. The Hall–Kier alpha value is -3.31. The molecule has 6 nitrogen and oxygen atoms in total. The molecule has 0 heterocycles. The van der Waals surface area contributed by atoms with E-state index in [-0.39, 0.29) is 11.8 Å². The average Bonchev–Trinajstić information content (AvgIpc) is 3.78. The second-order valence-corrected chi connectivity index (χ2v) is 11.9. The molecule has 3 saturated carbocycles. The van der Waals surface area contributed by atoms with Crippen molar-refractivity contribution in [2.24, 2.45) is 5.92 Å². The highest BCUT2D eigenvalue weighted by Crippen LogP contribution is 2.49. The van der Waals surface area contributed by atoms with Crippen LogP contribution < -0.4 is 16.0 Å². The molecule has 2 amide bonds. The Balaban J connectivity index is 1.28. The number of carbonyl (C=O) groups excluding carboxylic acids is 2. The Morgan fingerprint density at radius 2 is 1.56 bits per heavy atom. The number of nitrogens with one attached hydrogen (secondary N) is 3. The van der Waals surface area contributed by atoms with E-state index < -0.39 is 35.4 Å². The zero-order chi connectivity index (χ0) is 27.8. The number of amides is 2. The molecule has 0 bridgehead atoms. The van der Waals surface area contributed by atoms with Gasteiger partial charge in [-0.15, -0.1) is 0 Å². The molecule has 3 aliphatic rings. The van der Waals surface area contributed by atoms with Crippen LogP contribution in [0.25, 0.3) is 11.1 Å². The maximum atomic E-state index is 14.2. The molecule has 5 rings (SSSR count). The van der Waals surface area contributed by atoms with Gasteiger partial charge in [0.25, 0.3) is 6.43 Å². The quantitative estimate of drug-likeness (QED) is 0.351. The molecule has 8 heteroatoms. The van der Waals surface area contributed by atoms with Crippen LogP contribution in [-0.4, -0.2) is 35.9 Å². The standard InChI is InChI=1S/C31H36F2N4O2/c1-19(2)17-25(28(38)37-30(18-34)13-14-30)36-26(27(32)33)22-5-3-20(4-6-22)21-7-9-23(10-8-21)31(15-16-31)29(39)35-24-11-12-24/h3-10,19,24-27,36H,11-17H2,1-2H3,(H,35,39)(H,37,38)/t25-,26-/m0/s1. The minimum absolute atomic E-state index is 0.101. The molecule has 206 valence electrons. The SMILES string of the molecule is CC(C)C[C@H](N[C@@H](c1ccc(-c2ccc(C3(C(=O)NC4CC4)CC3)cc2)cc1)C(F)F)C(=O)NC1(C#N)CC1. The van der Waals surface area contributed by atoms with Crippen molar-refractivity contribution in [3.05, 3.63) is 59.7 Å². The van der Waals surface area contributed by atoms with Crippen LogP contribution in [0, 0.1) is 17.2 Å². The lowest BCUT2D eigenvalue weighted by Gasteiger charge is -2.27. The van der Waals surface area contributed by atoms with Crippen LogP contribution in [0.4, 0.5) is 8.78 Å². The first-order chi connectivity index (χ1) is 18.6. The lowest BCUT2D eigenvalue weighted by molar-refractivity contribution is -0.125. The van der Waals surface area contributed by atoms with E-state index in [1.165, 1.54) is 0 Å². The van der Waals surface area contributed by atoms with Gasteiger partial charge in [0.15, 0.2) is 0 Å². The molecule has 0 unspecified atom stereocenters. The maximum Gasteiger partial charge on any atom is 0.257 e. The Morgan fingerprint density at radius 3 is 2.03 bits per heavy atom. The van der Waals surface area contributed by atoms with Crippen molar-refractivity contribution in [2.75, 3.05) is 0 Å². The first-order valence-corrected chi connectivity index (χ1v) is 13.9. The van der Waals surface area contributed by atoms with Crippen molar-refractivity contribution in [3.8, 4) is 17.2 Å². The second kappa shape index (κ2) is 10.7. The maximum absolute atomic E-state index is 14.2. The summed E-state index contributed by atoms with van der Waals surface area (Å²) in [6, 6.07) is 15.2. The topological polar surface area (TPSA) is 94.0 Å². The van der Waals surface area contributed by atoms with E-state index in [4.69, 9.17) is 0 Å². The van der Waals surface area contributed by atoms with Crippen molar-refractivity contribution in [3.63, 3.8) is 0 Å². The average molecular weight is 535 g/mol. The van der Waals surface area contributed by atoms with E-state index >= 15 is 0 Å². The van der Waals surface area contributed by atoms with Gasteiger partial charge >= 0.3 is 0 Å². The largest absolute Gasteiger partial charge is 0.353 e. The Morgan fingerprint density at radius 1 is 0.974 bits per heavy atom. The molecule has 0 aliphatic heterocycles. The molecular weight excluding hydrogens is 498 g/mol. The highest BCUT2D eigenvalue weighted by atomic mass is 19.3. The van der Waals surface area contributed by atoms with E-state index in [0.717, 1.165) is 42.4 Å². The summed E-state index contributed by atoms with van der Waals surface area (Å²) in [5.74, 6) is -0.190. The molecule has 0 aromatic heterocycles. The van der Waals surface area contributed by atoms with Crippen molar-refractivity contribution in [2.45, 2.75) is 94.3 Å². The molecular formula is C31H36F2N4O2. The molecule has 3 N–H and O–H groups in total. The first kappa shape index (κ1) is 27.3. The molecule has 2 aromatic rings. The van der Waals surface area contributed by atoms with Crippen LogP contribution >= 0.6 is 0 Å². The van der Waals surface area contributed by atoms with Gasteiger partial charge in [0.05, 0.1) is 23.6 Å². The Labute approximate surface area is 228 Å². The fourth-order valence-corrected chi connectivity index (χ4v) is 5.15. The molecule has 0 radical (unpaired) electrons. The van der Waals surface area contributed by atoms with Crippen LogP contribution in [0.1, 0.15) is 76.0 Å². The fourth-order valence-electron chi connectivity index (χ4n) is 5.15. The summed E-state index contributed by atoms with van der Waals surface area (Å²) in [6.45, 7) is 3.86. The lowest BCUT2D eigenvalue weighted by atomic mass is 9.92. The molecule has 0 spiro atoms. The summed E-state index contributed by atoms with van der Waals surface area (Å²) in [4.78, 5) is 25.7. The van der Waals surface area contributed by atoms with Gasteiger partial charge in [-0.25, -0.2) is 8.78 Å². The molecule has 0 saturated heterocycles. The molecule has 39 heavy (non-hydrogen) atoms. The number of benzene rings is 2. The predicted octanol–water partition coefficient (Wildman–Crippen LogP) is 5.15. The van der Waals surface area contributed by atoms with Crippen molar-refractivity contribution in [1.82, 2.24) is 16.0 Å². The van der Waals surface area contributed by atoms with Gasteiger partial charge in [-0.3, -0.25) is 14.9 Å². The van der Waals surface area contributed by atoms with Crippen molar-refractivity contribution >= 4 is 11.8 Å². The monoisotopic (exact) mass is 534 g/mol. The minimum atomic E-state index is -2.72. The Bertz CT molecular complexity index is 1240. The van der Waals surface area contributed by atoms with Gasteiger partial charge in [-0.05, 0) is 73.1 Å². The zero-order valence-electron chi connectivity index (χ0n) is 22.5. The summed E-state index contributed by atoms with van der Waals surface area (Å²) in [5.41, 5.74) is 1.96. The van der Waals surface area contributed by atoms with Gasteiger partial charge in [0.1, 0.15) is 5.54 Å². The Kier molecular flexibility index (Phi) is 7.47. The third kappa shape index (κ3) is 6.14. The molecule has 2 aromatic carbocycles. The van der Waals surface area contributed by atoms with E-state index in [1.807, 2.05) is 38.1 Å². The van der Waals surface area contributed by atoms with E-state index in [9.17, 15) is 23.6 Å². The zero-order valence-corrected chi connectivity index (χ0v) is 22.5. The van der Waals surface area contributed by atoms with Crippen molar-refractivity contribution < 1.29 is 18.4 Å². The van der Waals surface area contributed by atoms with Crippen LogP contribution in [-0.2, 0) is 15.0 Å². The van der Waals surface area contributed by atoms with Crippen LogP contribution in [0.15, 0.2) is 48.5 Å². The number of hydrogen-bond donors (Lipinski definition) is 3. The summed E-state index contributed by atoms with van der Waals surface area (Å²) in [7, 11) is 0. The second-order valence-electron chi connectivity index (χ2n) is 11.9. The van der Waals surface area contributed by atoms with Crippen LogP contribution in [0.2, 0.25) is 0 Å². The first-order valence-electron chi connectivity index (χ1n) is 13.9. The fraction of sp³-hybridized carbons (Fsp3) is 0.516. The van der Waals surface area contributed by atoms with Gasteiger partial charge in [0, 0.05) is 6.04 Å². The summed E-state index contributed by atoms with van der Waals surface area (Å²) in [6.07, 6.45) is 2.65. The van der Waals surface area contributed by atoms with Crippen LogP contribution in [0.5, 0.6) is 0 Å². The van der Waals surface area contributed by atoms with Crippen molar-refractivity contribution in [1.29, 1.82) is 5.26 Å².